The summed E-state index contributed by atoms with van der Waals surface area (Å²) in [5, 5.41) is 3.17. The molecule has 0 saturated heterocycles. The molecular formula is C18H29N3O. The molecule has 0 aliphatic heterocycles. The van der Waals surface area contributed by atoms with Crippen molar-refractivity contribution in [2.24, 2.45) is 5.92 Å². The van der Waals surface area contributed by atoms with E-state index in [4.69, 9.17) is 0 Å². The van der Waals surface area contributed by atoms with Crippen molar-refractivity contribution >= 4 is 6.03 Å². The quantitative estimate of drug-likeness (QED) is 0.864. The number of nitrogens with one attached hydrogen (secondary N) is 1. The third kappa shape index (κ3) is 5.32. The van der Waals surface area contributed by atoms with E-state index in [0.29, 0.717) is 12.6 Å². The summed E-state index contributed by atoms with van der Waals surface area (Å²) in [5.74, 6) is 0.874. The number of hydrogen-bond acceptors (Lipinski definition) is 2. The van der Waals surface area contributed by atoms with Crippen molar-refractivity contribution in [2.45, 2.75) is 64.5 Å². The van der Waals surface area contributed by atoms with Crippen molar-refractivity contribution in [1.29, 1.82) is 0 Å². The molecule has 0 unspecified atom stereocenters. The van der Waals surface area contributed by atoms with Gasteiger partial charge in [-0.05, 0) is 43.7 Å². The molecule has 4 nitrogen and oxygen atoms in total. The lowest BCUT2D eigenvalue weighted by Gasteiger charge is -2.30. The molecule has 1 aliphatic carbocycles. The Labute approximate surface area is 134 Å². The van der Waals surface area contributed by atoms with Crippen molar-refractivity contribution in [2.75, 3.05) is 7.05 Å². The van der Waals surface area contributed by atoms with E-state index in [1.807, 2.05) is 25.2 Å². The van der Waals surface area contributed by atoms with E-state index in [0.717, 1.165) is 24.5 Å². The molecule has 1 aliphatic rings. The Hall–Kier alpha value is -1.58. The van der Waals surface area contributed by atoms with Crippen LogP contribution >= 0.6 is 0 Å². The Bertz CT molecular complexity index is 441. The highest BCUT2D eigenvalue weighted by atomic mass is 16.2. The normalized spacial score (nSPS) is 21.4. The van der Waals surface area contributed by atoms with E-state index in [9.17, 15) is 4.79 Å². The van der Waals surface area contributed by atoms with Gasteiger partial charge in [0.25, 0.3) is 0 Å². The number of pyridine rings is 1. The highest BCUT2D eigenvalue weighted by molar-refractivity contribution is 5.74. The van der Waals surface area contributed by atoms with E-state index >= 15 is 0 Å². The van der Waals surface area contributed by atoms with E-state index in [-0.39, 0.29) is 6.03 Å². The maximum absolute atomic E-state index is 12.3. The predicted molar refractivity (Wildman–Crippen MR) is 89.5 cm³/mol. The van der Waals surface area contributed by atoms with Gasteiger partial charge in [-0.25, -0.2) is 4.79 Å². The zero-order valence-electron chi connectivity index (χ0n) is 13.9. The third-order valence-corrected chi connectivity index (χ3v) is 4.61. The lowest BCUT2D eigenvalue weighted by Crippen LogP contribution is -2.44. The van der Waals surface area contributed by atoms with Crippen LogP contribution in [0.4, 0.5) is 4.79 Å². The molecule has 0 radical (unpaired) electrons. The first-order valence-corrected chi connectivity index (χ1v) is 8.60. The number of amides is 2. The molecule has 1 aromatic heterocycles. The van der Waals surface area contributed by atoms with Gasteiger partial charge in [0, 0.05) is 19.3 Å². The first kappa shape index (κ1) is 16.8. The van der Waals surface area contributed by atoms with Gasteiger partial charge in [-0.2, -0.15) is 0 Å². The molecule has 1 heterocycles. The minimum Gasteiger partial charge on any atom is -0.335 e. The minimum atomic E-state index is 0.0164. The van der Waals surface area contributed by atoms with Crippen LogP contribution in [0.15, 0.2) is 24.4 Å². The second-order valence-electron chi connectivity index (χ2n) is 6.49. The molecule has 2 rings (SSSR count). The molecule has 122 valence electrons. The van der Waals surface area contributed by atoms with Gasteiger partial charge in [-0.1, -0.05) is 32.3 Å². The molecule has 0 spiro atoms. The molecule has 1 saturated carbocycles. The van der Waals surface area contributed by atoms with E-state index < -0.39 is 0 Å². The summed E-state index contributed by atoms with van der Waals surface area (Å²) in [6.07, 6.45) is 10.5. The van der Waals surface area contributed by atoms with Crippen LogP contribution in [0.1, 0.15) is 57.6 Å². The minimum absolute atomic E-state index is 0.0164. The Morgan fingerprint density at radius 3 is 2.73 bits per heavy atom. The Morgan fingerprint density at radius 2 is 2.09 bits per heavy atom. The summed E-state index contributed by atoms with van der Waals surface area (Å²) in [7, 11) is 1.83. The van der Waals surface area contributed by atoms with Gasteiger partial charge < -0.3 is 10.2 Å². The number of carbonyl (C=O) groups is 1. The van der Waals surface area contributed by atoms with Crippen LogP contribution in [-0.4, -0.2) is 29.0 Å². The smallest absolute Gasteiger partial charge is 0.317 e. The molecule has 1 aromatic rings. The summed E-state index contributed by atoms with van der Waals surface area (Å²) in [6.45, 7) is 2.81. The second kappa shape index (κ2) is 8.76. The molecule has 1 fully saturated rings. The number of urea groups is 1. The molecule has 1 N–H and O–H groups in total. The standard InChI is InChI=1S/C18H29N3O/c1-3-4-7-15-9-11-16(12-10-15)20-18(22)21(2)14-17-8-5-6-13-19-17/h5-6,8,13,15-16H,3-4,7,9-12,14H2,1-2H3,(H,20,22). The maximum Gasteiger partial charge on any atom is 0.317 e. The van der Waals surface area contributed by atoms with Gasteiger partial charge in [-0.3, -0.25) is 4.98 Å². The van der Waals surface area contributed by atoms with E-state index in [1.54, 1.807) is 11.1 Å². The molecule has 0 bridgehead atoms. The molecule has 0 aromatic carbocycles. The van der Waals surface area contributed by atoms with Crippen molar-refractivity contribution < 1.29 is 4.79 Å². The third-order valence-electron chi connectivity index (χ3n) is 4.61. The maximum atomic E-state index is 12.3. The van der Waals surface area contributed by atoms with Crippen molar-refractivity contribution in [3.05, 3.63) is 30.1 Å². The lowest BCUT2D eigenvalue weighted by atomic mass is 9.83. The van der Waals surface area contributed by atoms with Gasteiger partial charge in [0.1, 0.15) is 0 Å². The predicted octanol–water partition coefficient (Wildman–Crippen LogP) is 3.97. The topological polar surface area (TPSA) is 45.2 Å². The van der Waals surface area contributed by atoms with E-state index in [1.165, 1.54) is 32.1 Å². The largest absolute Gasteiger partial charge is 0.335 e. The number of aromatic nitrogens is 1. The molecule has 0 atom stereocenters. The van der Waals surface area contributed by atoms with Crippen molar-refractivity contribution in [1.82, 2.24) is 15.2 Å². The van der Waals surface area contributed by atoms with Crippen LogP contribution in [0.2, 0.25) is 0 Å². The zero-order chi connectivity index (χ0) is 15.8. The average Bonchev–Trinajstić information content (AvgIpc) is 2.55. The van der Waals surface area contributed by atoms with Crippen molar-refractivity contribution in [3.8, 4) is 0 Å². The van der Waals surface area contributed by atoms with Crippen LogP contribution in [0.3, 0.4) is 0 Å². The number of rotatable bonds is 6. The fraction of sp³-hybridized carbons (Fsp3) is 0.667. The van der Waals surface area contributed by atoms with Gasteiger partial charge >= 0.3 is 6.03 Å². The summed E-state index contributed by atoms with van der Waals surface area (Å²) < 4.78 is 0. The first-order valence-electron chi connectivity index (χ1n) is 8.60. The molecule has 2 amide bonds. The molecule has 4 heteroatoms. The molecular weight excluding hydrogens is 274 g/mol. The lowest BCUT2D eigenvalue weighted by molar-refractivity contribution is 0.193. The highest BCUT2D eigenvalue weighted by Crippen LogP contribution is 2.28. The average molecular weight is 303 g/mol. The summed E-state index contributed by atoms with van der Waals surface area (Å²) in [6, 6.07) is 6.15. The number of nitrogens with zero attached hydrogens (tertiary/aromatic N) is 2. The Morgan fingerprint density at radius 1 is 1.32 bits per heavy atom. The first-order chi connectivity index (χ1) is 10.7. The van der Waals surface area contributed by atoms with Crippen LogP contribution in [0, 0.1) is 5.92 Å². The highest BCUT2D eigenvalue weighted by Gasteiger charge is 2.23. The van der Waals surface area contributed by atoms with Gasteiger partial charge in [0.05, 0.1) is 12.2 Å². The number of carbonyl (C=O) groups excluding carboxylic acids is 1. The summed E-state index contributed by atoms with van der Waals surface area (Å²) >= 11 is 0. The van der Waals surface area contributed by atoms with Gasteiger partial charge in [0.15, 0.2) is 0 Å². The fourth-order valence-corrected chi connectivity index (χ4v) is 3.18. The number of hydrogen-bond donors (Lipinski definition) is 1. The molecule has 22 heavy (non-hydrogen) atoms. The fourth-order valence-electron chi connectivity index (χ4n) is 3.18. The summed E-state index contributed by atoms with van der Waals surface area (Å²) in [5.41, 5.74) is 0.920. The van der Waals surface area contributed by atoms with Gasteiger partial charge in [0.2, 0.25) is 0 Å². The van der Waals surface area contributed by atoms with Gasteiger partial charge in [-0.15, -0.1) is 0 Å². The van der Waals surface area contributed by atoms with Crippen LogP contribution < -0.4 is 5.32 Å². The number of unbranched alkanes of at least 4 members (excludes halogenated alkanes) is 1. The monoisotopic (exact) mass is 303 g/mol. The van der Waals surface area contributed by atoms with Crippen LogP contribution in [0.5, 0.6) is 0 Å². The van der Waals surface area contributed by atoms with E-state index in [2.05, 4.69) is 17.2 Å². The summed E-state index contributed by atoms with van der Waals surface area (Å²) in [4.78, 5) is 18.2. The second-order valence-corrected chi connectivity index (χ2v) is 6.49. The SMILES string of the molecule is CCCCC1CCC(NC(=O)N(C)Cc2ccccn2)CC1. The van der Waals surface area contributed by atoms with Crippen molar-refractivity contribution in [3.63, 3.8) is 0 Å². The van der Waals surface area contributed by atoms with Crippen LogP contribution in [0.25, 0.3) is 0 Å². The van der Waals surface area contributed by atoms with Crippen LogP contribution in [-0.2, 0) is 6.54 Å². The Kier molecular flexibility index (Phi) is 6.69. The Balaban J connectivity index is 1.71. The zero-order valence-corrected chi connectivity index (χ0v) is 13.9.